The SMILES string of the molecule is CN=C(NCc1cnn(-c2ccccc2)c1)NCc1ccc(C)cc1SC.I. The van der Waals surface area contributed by atoms with Crippen molar-refractivity contribution in [2.75, 3.05) is 13.3 Å². The Hall–Kier alpha value is -2.00. The van der Waals surface area contributed by atoms with Crippen LogP contribution in [0.15, 0.2) is 70.8 Å². The highest BCUT2D eigenvalue weighted by atomic mass is 127. The molecule has 3 rings (SSSR count). The summed E-state index contributed by atoms with van der Waals surface area (Å²) in [6, 6.07) is 16.6. The van der Waals surface area contributed by atoms with Crippen LogP contribution in [0.4, 0.5) is 0 Å². The third kappa shape index (κ3) is 6.00. The van der Waals surface area contributed by atoms with Crippen LogP contribution >= 0.6 is 35.7 Å². The summed E-state index contributed by atoms with van der Waals surface area (Å²) in [6.45, 7) is 3.52. The van der Waals surface area contributed by atoms with E-state index in [2.05, 4.69) is 52.1 Å². The maximum atomic E-state index is 4.43. The molecule has 0 aliphatic carbocycles. The topological polar surface area (TPSA) is 54.2 Å². The van der Waals surface area contributed by atoms with Crippen molar-refractivity contribution in [2.45, 2.75) is 24.9 Å². The summed E-state index contributed by atoms with van der Waals surface area (Å²) in [4.78, 5) is 5.61. The minimum atomic E-state index is 0. The standard InChI is InChI=1S/C21H25N5S.HI/c1-16-9-10-18(20(11-16)27-3)14-24-21(22-2)23-12-17-13-25-26(15-17)19-7-5-4-6-8-19;/h4-11,13,15H,12,14H2,1-3H3,(H2,22,23,24);1H. The molecule has 148 valence electrons. The molecule has 1 heterocycles. The van der Waals surface area contributed by atoms with E-state index in [1.54, 1.807) is 18.8 Å². The van der Waals surface area contributed by atoms with E-state index in [0.29, 0.717) is 6.54 Å². The van der Waals surface area contributed by atoms with Crippen molar-refractivity contribution in [3.8, 4) is 5.69 Å². The molecule has 0 radical (unpaired) electrons. The second-order valence-electron chi connectivity index (χ2n) is 6.22. The Kier molecular flexibility index (Phi) is 8.85. The number of rotatable bonds is 6. The third-order valence-electron chi connectivity index (χ3n) is 4.23. The fraction of sp³-hybridized carbons (Fsp3) is 0.238. The minimum absolute atomic E-state index is 0. The van der Waals surface area contributed by atoms with E-state index in [9.17, 15) is 0 Å². The van der Waals surface area contributed by atoms with Gasteiger partial charge in [0, 0.05) is 36.8 Å². The number of nitrogens with one attached hydrogen (secondary N) is 2. The molecule has 0 atom stereocenters. The summed E-state index contributed by atoms with van der Waals surface area (Å²) in [6.07, 6.45) is 6.01. The van der Waals surface area contributed by atoms with Crippen LogP contribution < -0.4 is 10.6 Å². The van der Waals surface area contributed by atoms with Crippen molar-refractivity contribution in [1.29, 1.82) is 0 Å². The first-order chi connectivity index (χ1) is 13.2. The molecule has 2 aromatic carbocycles. The van der Waals surface area contributed by atoms with Crippen LogP contribution in [0.2, 0.25) is 0 Å². The quantitative estimate of drug-likeness (QED) is 0.225. The van der Waals surface area contributed by atoms with Gasteiger partial charge in [-0.2, -0.15) is 5.10 Å². The van der Waals surface area contributed by atoms with Gasteiger partial charge in [-0.25, -0.2) is 4.68 Å². The number of hydrogen-bond donors (Lipinski definition) is 2. The van der Waals surface area contributed by atoms with E-state index in [1.807, 2.05) is 47.4 Å². The largest absolute Gasteiger partial charge is 0.352 e. The molecule has 0 saturated carbocycles. The Bertz CT molecular complexity index is 908. The first-order valence-corrected chi connectivity index (χ1v) is 10.1. The number of aryl methyl sites for hydroxylation is 1. The van der Waals surface area contributed by atoms with Gasteiger partial charge in [0.1, 0.15) is 0 Å². The van der Waals surface area contributed by atoms with Crippen molar-refractivity contribution < 1.29 is 0 Å². The summed E-state index contributed by atoms with van der Waals surface area (Å²) in [7, 11) is 1.79. The first kappa shape index (κ1) is 22.3. The van der Waals surface area contributed by atoms with Crippen molar-refractivity contribution in [3.05, 3.63) is 77.6 Å². The fourth-order valence-electron chi connectivity index (χ4n) is 2.76. The molecule has 0 spiro atoms. The summed E-state index contributed by atoms with van der Waals surface area (Å²) in [5.41, 5.74) is 4.70. The Morgan fingerprint density at radius 3 is 2.57 bits per heavy atom. The molecular weight excluding hydrogens is 481 g/mol. The molecule has 28 heavy (non-hydrogen) atoms. The van der Waals surface area contributed by atoms with Crippen molar-refractivity contribution in [3.63, 3.8) is 0 Å². The zero-order chi connectivity index (χ0) is 19.1. The normalized spacial score (nSPS) is 11.0. The molecule has 5 nitrogen and oxygen atoms in total. The van der Waals surface area contributed by atoms with Crippen LogP contribution in [0.25, 0.3) is 5.69 Å². The monoisotopic (exact) mass is 507 g/mol. The van der Waals surface area contributed by atoms with Gasteiger partial charge in [-0.1, -0.05) is 30.3 Å². The molecule has 0 amide bonds. The van der Waals surface area contributed by atoms with Crippen LogP contribution in [-0.4, -0.2) is 29.0 Å². The van der Waals surface area contributed by atoms with E-state index in [-0.39, 0.29) is 24.0 Å². The predicted octanol–water partition coefficient (Wildman–Crippen LogP) is 4.39. The molecule has 0 unspecified atom stereocenters. The fourth-order valence-corrected chi connectivity index (χ4v) is 3.46. The molecule has 1 aromatic heterocycles. The molecule has 3 aromatic rings. The minimum Gasteiger partial charge on any atom is -0.352 e. The third-order valence-corrected chi connectivity index (χ3v) is 5.05. The Morgan fingerprint density at radius 1 is 1.11 bits per heavy atom. The molecular formula is C21H26IN5S. The zero-order valence-corrected chi connectivity index (χ0v) is 19.5. The number of aliphatic imine (C=N–C) groups is 1. The summed E-state index contributed by atoms with van der Waals surface area (Å²) in [5, 5.41) is 11.2. The number of para-hydroxylation sites is 1. The number of aromatic nitrogens is 2. The average Bonchev–Trinajstić information content (AvgIpc) is 3.18. The van der Waals surface area contributed by atoms with Gasteiger partial charge in [-0.3, -0.25) is 4.99 Å². The molecule has 0 bridgehead atoms. The first-order valence-electron chi connectivity index (χ1n) is 8.86. The highest BCUT2D eigenvalue weighted by Crippen LogP contribution is 2.21. The zero-order valence-electron chi connectivity index (χ0n) is 16.3. The molecule has 0 aliphatic rings. The predicted molar refractivity (Wildman–Crippen MR) is 129 cm³/mol. The lowest BCUT2D eigenvalue weighted by atomic mass is 10.1. The summed E-state index contributed by atoms with van der Waals surface area (Å²) >= 11 is 1.77. The van der Waals surface area contributed by atoms with Gasteiger partial charge in [0.25, 0.3) is 0 Å². The summed E-state index contributed by atoms with van der Waals surface area (Å²) in [5.74, 6) is 0.773. The van der Waals surface area contributed by atoms with Gasteiger partial charge >= 0.3 is 0 Å². The second-order valence-corrected chi connectivity index (χ2v) is 7.07. The number of thioether (sulfide) groups is 1. The van der Waals surface area contributed by atoms with E-state index in [4.69, 9.17) is 0 Å². The van der Waals surface area contributed by atoms with E-state index in [0.717, 1.165) is 23.8 Å². The van der Waals surface area contributed by atoms with E-state index < -0.39 is 0 Å². The Balaban J connectivity index is 0.00000280. The van der Waals surface area contributed by atoms with Gasteiger partial charge in [-0.05, 0) is 42.5 Å². The number of halogens is 1. The second kappa shape index (κ2) is 11.1. The summed E-state index contributed by atoms with van der Waals surface area (Å²) < 4.78 is 1.88. The van der Waals surface area contributed by atoms with E-state index in [1.165, 1.54) is 16.0 Å². The lowest BCUT2D eigenvalue weighted by Gasteiger charge is -2.13. The van der Waals surface area contributed by atoms with Crippen molar-refractivity contribution in [2.24, 2.45) is 4.99 Å². The van der Waals surface area contributed by atoms with Crippen LogP contribution in [0, 0.1) is 6.92 Å². The molecule has 0 saturated heterocycles. The van der Waals surface area contributed by atoms with Gasteiger partial charge in [0.05, 0.1) is 11.9 Å². The maximum Gasteiger partial charge on any atom is 0.191 e. The number of nitrogens with zero attached hydrogens (tertiary/aromatic N) is 3. The molecule has 7 heteroatoms. The Labute approximate surface area is 188 Å². The highest BCUT2D eigenvalue weighted by molar-refractivity contribution is 14.0. The van der Waals surface area contributed by atoms with Gasteiger partial charge in [0.15, 0.2) is 5.96 Å². The van der Waals surface area contributed by atoms with Crippen molar-refractivity contribution >= 4 is 41.7 Å². The molecule has 0 fully saturated rings. The van der Waals surface area contributed by atoms with Crippen LogP contribution in [-0.2, 0) is 13.1 Å². The van der Waals surface area contributed by atoms with Crippen LogP contribution in [0.1, 0.15) is 16.7 Å². The Morgan fingerprint density at radius 2 is 1.86 bits per heavy atom. The van der Waals surface area contributed by atoms with Crippen LogP contribution in [0.3, 0.4) is 0 Å². The maximum absolute atomic E-state index is 4.43. The molecule has 2 N–H and O–H groups in total. The van der Waals surface area contributed by atoms with Crippen LogP contribution in [0.5, 0.6) is 0 Å². The molecule has 0 aliphatic heterocycles. The number of benzene rings is 2. The van der Waals surface area contributed by atoms with Gasteiger partial charge in [0.2, 0.25) is 0 Å². The lowest BCUT2D eigenvalue weighted by molar-refractivity contribution is 0.800. The lowest BCUT2D eigenvalue weighted by Crippen LogP contribution is -2.36. The average molecular weight is 507 g/mol. The number of hydrogen-bond acceptors (Lipinski definition) is 3. The highest BCUT2D eigenvalue weighted by Gasteiger charge is 2.05. The number of guanidine groups is 1. The van der Waals surface area contributed by atoms with E-state index >= 15 is 0 Å². The smallest absolute Gasteiger partial charge is 0.191 e. The van der Waals surface area contributed by atoms with Crippen molar-refractivity contribution in [1.82, 2.24) is 20.4 Å². The van der Waals surface area contributed by atoms with Gasteiger partial charge < -0.3 is 10.6 Å². The van der Waals surface area contributed by atoms with Gasteiger partial charge in [-0.15, -0.1) is 35.7 Å².